The second-order valence-electron chi connectivity index (χ2n) is 8.16. The van der Waals surface area contributed by atoms with Crippen LogP contribution < -0.4 is 5.32 Å². The average molecular weight is 312 g/mol. The molecule has 0 aliphatic heterocycles. The summed E-state index contributed by atoms with van der Waals surface area (Å²) in [4.78, 5) is 14.2. The zero-order valence-corrected chi connectivity index (χ0v) is 15.6. The minimum atomic E-state index is -0.0462. The van der Waals surface area contributed by atoms with Crippen molar-refractivity contribution in [2.24, 2.45) is 17.8 Å². The Bertz CT molecular complexity index is 353. The number of nitrogens with one attached hydrogen (secondary N) is 1. The van der Waals surface area contributed by atoms with Crippen LogP contribution in [0.3, 0.4) is 0 Å². The number of amides is 1. The third-order valence-electron chi connectivity index (χ3n) is 5.32. The Labute approximate surface area is 137 Å². The molecule has 0 spiro atoms. The van der Waals surface area contributed by atoms with Gasteiger partial charge in [0.15, 0.2) is 0 Å². The average Bonchev–Trinajstić information content (AvgIpc) is 2.42. The molecule has 4 heteroatoms. The molecule has 1 N–H and O–H groups in total. The summed E-state index contributed by atoms with van der Waals surface area (Å²) in [7, 11) is 4.05. The molecule has 0 saturated heterocycles. The normalized spacial score (nSPS) is 26.5. The fourth-order valence-electron chi connectivity index (χ4n) is 3.01. The highest BCUT2D eigenvalue weighted by Crippen LogP contribution is 2.35. The highest BCUT2D eigenvalue weighted by molar-refractivity contribution is 5.77. The summed E-state index contributed by atoms with van der Waals surface area (Å²) in [6, 6.07) is 0. The van der Waals surface area contributed by atoms with E-state index >= 15 is 0 Å². The van der Waals surface area contributed by atoms with Crippen molar-refractivity contribution >= 4 is 5.91 Å². The molecule has 1 aliphatic carbocycles. The van der Waals surface area contributed by atoms with Crippen LogP contribution in [0.4, 0.5) is 0 Å². The molecule has 0 bridgehead atoms. The zero-order valence-electron chi connectivity index (χ0n) is 15.6. The Balaban J connectivity index is 2.41. The van der Waals surface area contributed by atoms with E-state index < -0.39 is 0 Å². The number of rotatable bonds is 7. The summed E-state index contributed by atoms with van der Waals surface area (Å²) in [6.45, 7) is 11.9. The molecule has 1 amide bonds. The lowest BCUT2D eigenvalue weighted by Gasteiger charge is -2.37. The van der Waals surface area contributed by atoms with E-state index in [1.165, 1.54) is 12.8 Å². The van der Waals surface area contributed by atoms with Gasteiger partial charge in [-0.2, -0.15) is 0 Å². The first kappa shape index (κ1) is 19.4. The van der Waals surface area contributed by atoms with Crippen molar-refractivity contribution in [2.45, 2.75) is 65.5 Å². The van der Waals surface area contributed by atoms with E-state index in [0.717, 1.165) is 6.42 Å². The molecule has 0 heterocycles. The zero-order chi connectivity index (χ0) is 16.9. The van der Waals surface area contributed by atoms with E-state index in [4.69, 9.17) is 4.74 Å². The third kappa shape index (κ3) is 5.88. The molecule has 0 unspecified atom stereocenters. The second kappa shape index (κ2) is 8.30. The number of likely N-dealkylation sites (N-methyl/N-ethyl adjacent to an activating group) is 1. The van der Waals surface area contributed by atoms with Gasteiger partial charge in [0.1, 0.15) is 6.61 Å². The highest BCUT2D eigenvalue weighted by Gasteiger charge is 2.31. The maximum Gasteiger partial charge on any atom is 0.246 e. The number of carbonyl (C=O) groups is 1. The lowest BCUT2D eigenvalue weighted by molar-refractivity contribution is -0.131. The van der Waals surface area contributed by atoms with Crippen LogP contribution in [-0.2, 0) is 9.53 Å². The summed E-state index contributed by atoms with van der Waals surface area (Å²) in [5, 5.41) is 2.99. The standard InChI is InChI=1S/C18H36N2O2/c1-13(2)15-9-8-14(3)10-16(15)22-11-17(21)19-12-18(4,5)20(6)7/h13-16H,8-12H2,1-7H3,(H,19,21)/t14-,15-,16+/m1/s1. The van der Waals surface area contributed by atoms with Crippen molar-refractivity contribution < 1.29 is 9.53 Å². The Hall–Kier alpha value is -0.610. The molecule has 0 aromatic carbocycles. The van der Waals surface area contributed by atoms with Gasteiger partial charge in [-0.15, -0.1) is 0 Å². The van der Waals surface area contributed by atoms with Gasteiger partial charge in [0.05, 0.1) is 6.10 Å². The minimum absolute atomic E-state index is 0.00402. The lowest BCUT2D eigenvalue weighted by Crippen LogP contribution is -2.49. The van der Waals surface area contributed by atoms with Gasteiger partial charge < -0.3 is 15.0 Å². The third-order valence-corrected chi connectivity index (χ3v) is 5.32. The van der Waals surface area contributed by atoms with Crippen LogP contribution in [0, 0.1) is 17.8 Å². The molecule has 0 aromatic heterocycles. The SMILES string of the molecule is CC(C)[C@H]1CC[C@@H](C)C[C@@H]1OCC(=O)NCC(C)(C)N(C)C. The number of ether oxygens (including phenoxy) is 1. The predicted octanol–water partition coefficient (Wildman–Crippen LogP) is 2.92. The van der Waals surface area contributed by atoms with E-state index in [2.05, 4.69) is 44.8 Å². The first-order valence-corrected chi connectivity index (χ1v) is 8.69. The number of carbonyl (C=O) groups excluding carboxylic acids is 1. The van der Waals surface area contributed by atoms with Gasteiger partial charge in [-0.1, -0.05) is 27.2 Å². The molecular weight excluding hydrogens is 276 g/mol. The van der Waals surface area contributed by atoms with Crippen molar-refractivity contribution in [1.82, 2.24) is 10.2 Å². The molecule has 1 fully saturated rings. The van der Waals surface area contributed by atoms with Gasteiger partial charge >= 0.3 is 0 Å². The van der Waals surface area contributed by atoms with Gasteiger partial charge in [-0.05, 0) is 58.5 Å². The summed E-state index contributed by atoms with van der Waals surface area (Å²) in [5.74, 6) is 1.90. The van der Waals surface area contributed by atoms with Crippen molar-refractivity contribution in [3.63, 3.8) is 0 Å². The summed E-state index contributed by atoms with van der Waals surface area (Å²) < 4.78 is 5.99. The van der Waals surface area contributed by atoms with Crippen LogP contribution in [0.1, 0.15) is 53.9 Å². The molecular formula is C18H36N2O2. The number of hydrogen-bond donors (Lipinski definition) is 1. The van der Waals surface area contributed by atoms with Gasteiger partial charge in [0, 0.05) is 12.1 Å². The first-order valence-electron chi connectivity index (χ1n) is 8.69. The largest absolute Gasteiger partial charge is 0.368 e. The van der Waals surface area contributed by atoms with Gasteiger partial charge in [0.25, 0.3) is 0 Å². The first-order chi connectivity index (χ1) is 10.1. The highest BCUT2D eigenvalue weighted by atomic mass is 16.5. The van der Waals surface area contributed by atoms with Crippen LogP contribution in [0.25, 0.3) is 0 Å². The molecule has 22 heavy (non-hydrogen) atoms. The summed E-state index contributed by atoms with van der Waals surface area (Å²) in [5.41, 5.74) is -0.0462. The molecule has 0 radical (unpaired) electrons. The Morgan fingerprint density at radius 1 is 1.32 bits per heavy atom. The van der Waals surface area contributed by atoms with Crippen molar-refractivity contribution in [3.05, 3.63) is 0 Å². The van der Waals surface area contributed by atoms with Crippen LogP contribution in [-0.4, -0.2) is 49.7 Å². The molecule has 1 rings (SSSR count). The Morgan fingerprint density at radius 3 is 2.50 bits per heavy atom. The predicted molar refractivity (Wildman–Crippen MR) is 91.9 cm³/mol. The van der Waals surface area contributed by atoms with E-state index in [-0.39, 0.29) is 24.2 Å². The molecule has 1 aliphatic rings. The smallest absolute Gasteiger partial charge is 0.246 e. The van der Waals surface area contributed by atoms with Gasteiger partial charge in [-0.3, -0.25) is 4.79 Å². The van der Waals surface area contributed by atoms with Crippen LogP contribution in [0.15, 0.2) is 0 Å². The van der Waals surface area contributed by atoms with Crippen molar-refractivity contribution in [3.8, 4) is 0 Å². The van der Waals surface area contributed by atoms with Gasteiger partial charge in [-0.25, -0.2) is 0 Å². The summed E-state index contributed by atoms with van der Waals surface area (Å²) in [6.07, 6.45) is 3.82. The Morgan fingerprint density at radius 2 is 1.95 bits per heavy atom. The van der Waals surface area contributed by atoms with Crippen LogP contribution in [0.5, 0.6) is 0 Å². The lowest BCUT2D eigenvalue weighted by atomic mass is 9.75. The van der Waals surface area contributed by atoms with E-state index in [0.29, 0.717) is 24.3 Å². The van der Waals surface area contributed by atoms with E-state index in [9.17, 15) is 4.79 Å². The maximum atomic E-state index is 12.1. The Kier molecular flexibility index (Phi) is 7.33. The van der Waals surface area contributed by atoms with Crippen molar-refractivity contribution in [1.29, 1.82) is 0 Å². The molecule has 0 aromatic rings. The summed E-state index contributed by atoms with van der Waals surface area (Å²) >= 11 is 0. The fraction of sp³-hybridized carbons (Fsp3) is 0.944. The molecule has 3 atom stereocenters. The number of nitrogens with zero attached hydrogens (tertiary/aromatic N) is 1. The van der Waals surface area contributed by atoms with E-state index in [1.54, 1.807) is 0 Å². The molecule has 130 valence electrons. The van der Waals surface area contributed by atoms with Gasteiger partial charge in [0.2, 0.25) is 5.91 Å². The fourth-order valence-corrected chi connectivity index (χ4v) is 3.01. The number of hydrogen-bond acceptors (Lipinski definition) is 3. The maximum absolute atomic E-state index is 12.1. The topological polar surface area (TPSA) is 41.6 Å². The quantitative estimate of drug-likeness (QED) is 0.786. The van der Waals surface area contributed by atoms with E-state index in [1.807, 2.05) is 14.1 Å². The molecule has 1 saturated carbocycles. The van der Waals surface area contributed by atoms with Crippen molar-refractivity contribution in [2.75, 3.05) is 27.2 Å². The second-order valence-corrected chi connectivity index (χ2v) is 8.16. The monoisotopic (exact) mass is 312 g/mol. The minimum Gasteiger partial charge on any atom is -0.368 e. The van der Waals surface area contributed by atoms with Crippen LogP contribution in [0.2, 0.25) is 0 Å². The molecule has 4 nitrogen and oxygen atoms in total. The van der Waals surface area contributed by atoms with Crippen LogP contribution >= 0.6 is 0 Å².